The van der Waals surface area contributed by atoms with Crippen molar-refractivity contribution in [2.24, 2.45) is 0 Å². The van der Waals surface area contributed by atoms with Crippen molar-refractivity contribution in [2.45, 2.75) is 0 Å². The zero-order valence-electron chi connectivity index (χ0n) is 5.82. The van der Waals surface area contributed by atoms with Crippen LogP contribution in [0.25, 0.3) is 0 Å². The van der Waals surface area contributed by atoms with Gasteiger partial charge in [-0.2, -0.15) is 5.10 Å². The highest BCUT2D eigenvalue weighted by molar-refractivity contribution is 5.36. The topological polar surface area (TPSA) is 53.2 Å². The number of ether oxygens (including phenoxy) is 1. The molecule has 0 amide bonds. The van der Waals surface area contributed by atoms with Gasteiger partial charge in [-0.3, -0.25) is 15.5 Å². The third-order valence-electron chi connectivity index (χ3n) is 1.32. The van der Waals surface area contributed by atoms with Crippen LogP contribution < -0.4 is 5.43 Å². The van der Waals surface area contributed by atoms with Crippen LogP contribution >= 0.6 is 0 Å². The standard InChI is InChI=1S/C6H8N4O/c1-2-11-5-10(1)9-6-3-7-8-4-6/h1-4,9H,5H2,(H,7,8). The average Bonchev–Trinajstić information content (AvgIpc) is 2.60. The van der Waals surface area contributed by atoms with E-state index in [0.717, 1.165) is 5.69 Å². The van der Waals surface area contributed by atoms with E-state index in [2.05, 4.69) is 15.6 Å². The van der Waals surface area contributed by atoms with Crippen molar-refractivity contribution in [2.75, 3.05) is 12.2 Å². The van der Waals surface area contributed by atoms with Crippen LogP contribution in [-0.4, -0.2) is 21.9 Å². The zero-order chi connectivity index (χ0) is 7.52. The van der Waals surface area contributed by atoms with E-state index >= 15 is 0 Å². The molecule has 1 aromatic rings. The summed E-state index contributed by atoms with van der Waals surface area (Å²) >= 11 is 0. The molecule has 0 aromatic carbocycles. The summed E-state index contributed by atoms with van der Waals surface area (Å²) in [6, 6.07) is 0. The Labute approximate surface area is 63.6 Å². The molecule has 0 aliphatic carbocycles. The summed E-state index contributed by atoms with van der Waals surface area (Å²) in [6.07, 6.45) is 6.92. The Hall–Kier alpha value is -1.65. The van der Waals surface area contributed by atoms with Crippen molar-refractivity contribution in [3.05, 3.63) is 24.9 Å². The molecule has 1 aromatic heterocycles. The van der Waals surface area contributed by atoms with Gasteiger partial charge in [-0.15, -0.1) is 0 Å². The van der Waals surface area contributed by atoms with Gasteiger partial charge in [0.15, 0.2) is 6.73 Å². The zero-order valence-corrected chi connectivity index (χ0v) is 5.82. The van der Waals surface area contributed by atoms with E-state index in [0.29, 0.717) is 6.73 Å². The Morgan fingerprint density at radius 3 is 3.36 bits per heavy atom. The summed E-state index contributed by atoms with van der Waals surface area (Å²) in [4.78, 5) is 0. The normalized spacial score (nSPS) is 15.1. The van der Waals surface area contributed by atoms with Gasteiger partial charge in [-0.25, -0.2) is 0 Å². The molecule has 0 saturated carbocycles. The highest BCUT2D eigenvalue weighted by Gasteiger charge is 2.03. The first kappa shape index (κ1) is 6.09. The molecular formula is C6H8N4O. The molecule has 5 nitrogen and oxygen atoms in total. The molecule has 5 heteroatoms. The Kier molecular flexibility index (Phi) is 1.40. The Morgan fingerprint density at radius 1 is 1.73 bits per heavy atom. The van der Waals surface area contributed by atoms with Crippen molar-refractivity contribution in [1.82, 2.24) is 15.2 Å². The summed E-state index contributed by atoms with van der Waals surface area (Å²) in [7, 11) is 0. The number of nitrogens with zero attached hydrogens (tertiary/aromatic N) is 2. The third kappa shape index (κ3) is 1.26. The minimum Gasteiger partial charge on any atom is -0.477 e. The van der Waals surface area contributed by atoms with E-state index in [1.807, 2.05) is 11.2 Å². The van der Waals surface area contributed by atoms with Crippen molar-refractivity contribution >= 4 is 5.69 Å². The molecule has 11 heavy (non-hydrogen) atoms. The second kappa shape index (κ2) is 2.53. The number of nitrogens with one attached hydrogen (secondary N) is 2. The summed E-state index contributed by atoms with van der Waals surface area (Å²) in [5, 5.41) is 8.30. The van der Waals surface area contributed by atoms with Gasteiger partial charge in [0, 0.05) is 6.20 Å². The molecule has 1 aliphatic rings. The van der Waals surface area contributed by atoms with Gasteiger partial charge >= 0.3 is 0 Å². The second-order valence-corrected chi connectivity index (χ2v) is 2.15. The number of aromatic nitrogens is 2. The minimum atomic E-state index is 0.533. The molecule has 0 bridgehead atoms. The highest BCUT2D eigenvalue weighted by atomic mass is 16.5. The average molecular weight is 152 g/mol. The maximum Gasteiger partial charge on any atom is 0.178 e. The smallest absolute Gasteiger partial charge is 0.178 e. The fourth-order valence-corrected chi connectivity index (χ4v) is 0.830. The first-order valence-corrected chi connectivity index (χ1v) is 3.25. The number of H-pyrrole nitrogens is 1. The number of anilines is 1. The number of aromatic amines is 1. The van der Waals surface area contributed by atoms with E-state index < -0.39 is 0 Å². The predicted molar refractivity (Wildman–Crippen MR) is 39.1 cm³/mol. The van der Waals surface area contributed by atoms with Gasteiger partial charge in [0.2, 0.25) is 0 Å². The molecule has 58 valence electrons. The molecule has 1 aliphatic heterocycles. The van der Waals surface area contributed by atoms with Crippen molar-refractivity contribution < 1.29 is 4.74 Å². The van der Waals surface area contributed by atoms with Gasteiger partial charge in [-0.05, 0) is 0 Å². The van der Waals surface area contributed by atoms with Gasteiger partial charge in [0.25, 0.3) is 0 Å². The van der Waals surface area contributed by atoms with Gasteiger partial charge in [0.05, 0.1) is 18.1 Å². The summed E-state index contributed by atoms with van der Waals surface area (Å²) in [6.45, 7) is 0.533. The summed E-state index contributed by atoms with van der Waals surface area (Å²) < 4.78 is 4.96. The number of hydrazine groups is 1. The molecule has 2 N–H and O–H groups in total. The number of hydrogen-bond donors (Lipinski definition) is 2. The first-order valence-electron chi connectivity index (χ1n) is 3.25. The van der Waals surface area contributed by atoms with Crippen LogP contribution in [0.2, 0.25) is 0 Å². The molecule has 2 rings (SSSR count). The van der Waals surface area contributed by atoms with E-state index in [9.17, 15) is 0 Å². The first-order chi connectivity index (χ1) is 5.45. The molecule has 0 fully saturated rings. The number of hydrogen-bond acceptors (Lipinski definition) is 4. The van der Waals surface area contributed by atoms with Crippen molar-refractivity contribution in [3.8, 4) is 0 Å². The van der Waals surface area contributed by atoms with Gasteiger partial charge in [0.1, 0.15) is 6.26 Å². The highest BCUT2D eigenvalue weighted by Crippen LogP contribution is 2.06. The van der Waals surface area contributed by atoms with E-state index in [-0.39, 0.29) is 0 Å². The molecular weight excluding hydrogens is 144 g/mol. The van der Waals surface area contributed by atoms with Gasteiger partial charge < -0.3 is 4.74 Å². The van der Waals surface area contributed by atoms with Crippen LogP contribution in [0.1, 0.15) is 0 Å². The maximum atomic E-state index is 4.96. The minimum absolute atomic E-state index is 0.533. The fraction of sp³-hybridized carbons (Fsp3) is 0.167. The number of rotatable bonds is 2. The lowest BCUT2D eigenvalue weighted by Gasteiger charge is -2.13. The van der Waals surface area contributed by atoms with E-state index in [1.54, 1.807) is 18.7 Å². The second-order valence-electron chi connectivity index (χ2n) is 2.15. The van der Waals surface area contributed by atoms with Crippen molar-refractivity contribution in [3.63, 3.8) is 0 Å². The molecule has 0 saturated heterocycles. The Balaban J connectivity index is 1.95. The lowest BCUT2D eigenvalue weighted by Crippen LogP contribution is -2.21. The van der Waals surface area contributed by atoms with Crippen molar-refractivity contribution in [1.29, 1.82) is 0 Å². The monoisotopic (exact) mass is 152 g/mol. The van der Waals surface area contributed by atoms with Crippen LogP contribution in [0.15, 0.2) is 24.9 Å². The Bertz CT molecular complexity index is 243. The largest absolute Gasteiger partial charge is 0.477 e. The maximum absolute atomic E-state index is 4.96. The van der Waals surface area contributed by atoms with Gasteiger partial charge in [-0.1, -0.05) is 0 Å². The third-order valence-corrected chi connectivity index (χ3v) is 1.32. The van der Waals surface area contributed by atoms with Crippen LogP contribution in [0.4, 0.5) is 5.69 Å². The van der Waals surface area contributed by atoms with Crippen LogP contribution in [0.5, 0.6) is 0 Å². The van der Waals surface area contributed by atoms with Crippen LogP contribution in [0, 0.1) is 0 Å². The van der Waals surface area contributed by atoms with Crippen LogP contribution in [-0.2, 0) is 4.74 Å². The summed E-state index contributed by atoms with van der Waals surface area (Å²) in [5.74, 6) is 0. The van der Waals surface area contributed by atoms with E-state index in [4.69, 9.17) is 4.74 Å². The molecule has 0 atom stereocenters. The van der Waals surface area contributed by atoms with Crippen LogP contribution in [0.3, 0.4) is 0 Å². The lowest BCUT2D eigenvalue weighted by atomic mass is 10.6. The molecule has 0 unspecified atom stereocenters. The molecule has 0 radical (unpaired) electrons. The lowest BCUT2D eigenvalue weighted by molar-refractivity contribution is 0.190. The molecule has 0 spiro atoms. The Morgan fingerprint density at radius 2 is 2.73 bits per heavy atom. The predicted octanol–water partition coefficient (Wildman–Crippen LogP) is 0.497. The quantitative estimate of drug-likeness (QED) is 0.647. The fourth-order valence-electron chi connectivity index (χ4n) is 0.830. The SMILES string of the molecule is C1=CN(Nc2cn[nH]c2)CO1. The molecule has 2 heterocycles. The summed E-state index contributed by atoms with van der Waals surface area (Å²) in [5.41, 5.74) is 3.97. The van der Waals surface area contributed by atoms with E-state index in [1.165, 1.54) is 0 Å².